The maximum Gasteiger partial charge on any atom is 0.237 e. The fraction of sp³-hybridized carbons (Fsp3) is 0.200. The molecule has 3 nitrogen and oxygen atoms in total. The van der Waals surface area contributed by atoms with E-state index in [9.17, 15) is 9.65 Å². The molecule has 0 amide bonds. The van der Waals surface area contributed by atoms with E-state index in [2.05, 4.69) is 27.0 Å². The zero-order valence-electron chi connectivity index (χ0n) is 10.5. The SMILES string of the molecule is N#Cc1cc2c(nc1Oc1cc(F)ccc1Br)CCC2. The summed E-state index contributed by atoms with van der Waals surface area (Å²) in [6, 6.07) is 8.06. The number of benzene rings is 1. The van der Waals surface area contributed by atoms with Crippen LogP contribution in [-0.2, 0) is 12.8 Å². The summed E-state index contributed by atoms with van der Waals surface area (Å²) >= 11 is 3.29. The first kappa shape index (κ1) is 13.1. The van der Waals surface area contributed by atoms with Crippen LogP contribution in [0, 0.1) is 17.1 Å². The molecule has 0 radical (unpaired) electrons. The number of rotatable bonds is 2. The second-order valence-electron chi connectivity index (χ2n) is 4.59. The van der Waals surface area contributed by atoms with Gasteiger partial charge in [0.15, 0.2) is 0 Å². The van der Waals surface area contributed by atoms with E-state index in [0.717, 1.165) is 30.5 Å². The summed E-state index contributed by atoms with van der Waals surface area (Å²) in [6.45, 7) is 0. The highest BCUT2D eigenvalue weighted by atomic mass is 79.9. The van der Waals surface area contributed by atoms with Gasteiger partial charge < -0.3 is 4.74 Å². The van der Waals surface area contributed by atoms with E-state index in [1.54, 1.807) is 6.07 Å². The maximum atomic E-state index is 13.3. The predicted octanol–water partition coefficient (Wildman–Crippen LogP) is 4.14. The Hall–Kier alpha value is -1.93. The van der Waals surface area contributed by atoms with Crippen LogP contribution in [-0.4, -0.2) is 4.98 Å². The van der Waals surface area contributed by atoms with Crippen molar-refractivity contribution < 1.29 is 9.13 Å². The Bertz CT molecular complexity index is 725. The van der Waals surface area contributed by atoms with E-state index in [1.165, 1.54) is 12.1 Å². The summed E-state index contributed by atoms with van der Waals surface area (Å²) in [4.78, 5) is 4.40. The van der Waals surface area contributed by atoms with Crippen molar-refractivity contribution >= 4 is 15.9 Å². The first-order valence-corrected chi connectivity index (χ1v) is 7.02. The van der Waals surface area contributed by atoms with Crippen LogP contribution < -0.4 is 4.74 Å². The molecule has 1 heterocycles. The van der Waals surface area contributed by atoms with Gasteiger partial charge in [0.25, 0.3) is 0 Å². The summed E-state index contributed by atoms with van der Waals surface area (Å²) in [6.07, 6.45) is 2.88. The number of ether oxygens (including phenoxy) is 1. The number of pyridine rings is 1. The smallest absolute Gasteiger partial charge is 0.237 e. The van der Waals surface area contributed by atoms with Gasteiger partial charge in [0, 0.05) is 11.8 Å². The van der Waals surface area contributed by atoms with E-state index in [4.69, 9.17) is 4.74 Å². The fourth-order valence-electron chi connectivity index (χ4n) is 2.27. The molecule has 1 aromatic heterocycles. The monoisotopic (exact) mass is 332 g/mol. The van der Waals surface area contributed by atoms with E-state index in [1.807, 2.05) is 6.07 Å². The molecule has 2 aromatic rings. The lowest BCUT2D eigenvalue weighted by atomic mass is 10.1. The van der Waals surface area contributed by atoms with Gasteiger partial charge in [-0.1, -0.05) is 0 Å². The Balaban J connectivity index is 2.02. The molecule has 0 spiro atoms. The third-order valence-electron chi connectivity index (χ3n) is 3.24. The van der Waals surface area contributed by atoms with Crippen molar-refractivity contribution in [2.24, 2.45) is 0 Å². The molecule has 3 rings (SSSR count). The van der Waals surface area contributed by atoms with Gasteiger partial charge in [-0.05, 0) is 59.0 Å². The van der Waals surface area contributed by atoms with Gasteiger partial charge in [-0.25, -0.2) is 9.37 Å². The van der Waals surface area contributed by atoms with Crippen LogP contribution in [0.25, 0.3) is 0 Å². The molecule has 0 saturated carbocycles. The van der Waals surface area contributed by atoms with Crippen molar-refractivity contribution in [2.45, 2.75) is 19.3 Å². The zero-order chi connectivity index (χ0) is 14.1. The van der Waals surface area contributed by atoms with Crippen molar-refractivity contribution in [3.63, 3.8) is 0 Å². The second kappa shape index (κ2) is 5.22. The molecule has 1 aliphatic carbocycles. The summed E-state index contributed by atoms with van der Waals surface area (Å²) in [5.41, 5.74) is 2.44. The van der Waals surface area contributed by atoms with Crippen LogP contribution in [0.5, 0.6) is 11.6 Å². The molecule has 0 bridgehead atoms. The molecule has 20 heavy (non-hydrogen) atoms. The topological polar surface area (TPSA) is 45.9 Å². The normalized spacial score (nSPS) is 12.8. The van der Waals surface area contributed by atoms with Crippen molar-refractivity contribution in [3.8, 4) is 17.7 Å². The second-order valence-corrected chi connectivity index (χ2v) is 5.44. The van der Waals surface area contributed by atoms with E-state index < -0.39 is 5.82 Å². The highest BCUT2D eigenvalue weighted by molar-refractivity contribution is 9.10. The van der Waals surface area contributed by atoms with Crippen LogP contribution in [0.4, 0.5) is 4.39 Å². The Labute approximate surface area is 124 Å². The average molecular weight is 333 g/mol. The summed E-state index contributed by atoms with van der Waals surface area (Å²) in [7, 11) is 0. The number of nitrogens with zero attached hydrogens (tertiary/aromatic N) is 2. The van der Waals surface area contributed by atoms with Crippen LogP contribution >= 0.6 is 15.9 Å². The molecule has 0 atom stereocenters. The minimum atomic E-state index is -0.400. The molecule has 0 N–H and O–H groups in total. The van der Waals surface area contributed by atoms with Gasteiger partial charge in [-0.3, -0.25) is 0 Å². The fourth-order valence-corrected chi connectivity index (χ4v) is 2.60. The van der Waals surface area contributed by atoms with E-state index >= 15 is 0 Å². The van der Waals surface area contributed by atoms with Crippen molar-refractivity contribution in [1.82, 2.24) is 4.98 Å². The standard InChI is InChI=1S/C15H10BrFN2O/c16-12-5-4-11(17)7-14(12)20-15-10(8-18)6-9-2-1-3-13(9)19-15/h4-7H,1-3H2. The summed E-state index contributed by atoms with van der Waals surface area (Å²) < 4.78 is 19.5. The van der Waals surface area contributed by atoms with Gasteiger partial charge in [-0.15, -0.1) is 0 Å². The third-order valence-corrected chi connectivity index (χ3v) is 3.89. The maximum absolute atomic E-state index is 13.3. The molecule has 0 fully saturated rings. The number of halogens is 2. The molecule has 100 valence electrons. The van der Waals surface area contributed by atoms with E-state index in [-0.39, 0.29) is 5.88 Å². The third kappa shape index (κ3) is 2.39. The lowest BCUT2D eigenvalue weighted by molar-refractivity contribution is 0.452. The van der Waals surface area contributed by atoms with Gasteiger partial charge >= 0.3 is 0 Å². The summed E-state index contributed by atoms with van der Waals surface area (Å²) in [5.74, 6) is 0.147. The first-order valence-electron chi connectivity index (χ1n) is 6.23. The first-order chi connectivity index (χ1) is 9.67. The van der Waals surface area contributed by atoms with Crippen molar-refractivity contribution in [1.29, 1.82) is 5.26 Å². The van der Waals surface area contributed by atoms with Gasteiger partial charge in [-0.2, -0.15) is 5.26 Å². The number of hydrogen-bond donors (Lipinski definition) is 0. The molecule has 5 heteroatoms. The van der Waals surface area contributed by atoms with Gasteiger partial charge in [0.2, 0.25) is 5.88 Å². The number of fused-ring (bicyclic) bond motifs is 1. The molecule has 0 saturated heterocycles. The molecule has 1 aliphatic rings. The number of nitriles is 1. The molecule has 0 aliphatic heterocycles. The Morgan fingerprint density at radius 1 is 1.30 bits per heavy atom. The number of aryl methyl sites for hydroxylation is 2. The lowest BCUT2D eigenvalue weighted by Crippen LogP contribution is -1.98. The van der Waals surface area contributed by atoms with Crippen LogP contribution in [0.1, 0.15) is 23.2 Å². The van der Waals surface area contributed by atoms with E-state index in [0.29, 0.717) is 15.8 Å². The highest BCUT2D eigenvalue weighted by Gasteiger charge is 2.18. The van der Waals surface area contributed by atoms with Gasteiger partial charge in [0.05, 0.1) is 4.47 Å². The van der Waals surface area contributed by atoms with Crippen LogP contribution in [0.15, 0.2) is 28.7 Å². The van der Waals surface area contributed by atoms with Crippen LogP contribution in [0.3, 0.4) is 0 Å². The van der Waals surface area contributed by atoms with Crippen molar-refractivity contribution in [2.75, 3.05) is 0 Å². The van der Waals surface area contributed by atoms with Crippen molar-refractivity contribution in [3.05, 3.63) is 51.4 Å². The average Bonchev–Trinajstić information content (AvgIpc) is 2.89. The number of aromatic nitrogens is 1. The van der Waals surface area contributed by atoms with Crippen LogP contribution in [0.2, 0.25) is 0 Å². The zero-order valence-corrected chi connectivity index (χ0v) is 12.1. The lowest BCUT2D eigenvalue weighted by Gasteiger charge is -2.10. The molecular weight excluding hydrogens is 323 g/mol. The molecule has 1 aromatic carbocycles. The highest BCUT2D eigenvalue weighted by Crippen LogP contribution is 2.33. The number of hydrogen-bond acceptors (Lipinski definition) is 3. The Morgan fingerprint density at radius 3 is 2.95 bits per heavy atom. The predicted molar refractivity (Wildman–Crippen MR) is 75.2 cm³/mol. The summed E-state index contributed by atoms with van der Waals surface area (Å²) in [5, 5.41) is 9.20. The largest absolute Gasteiger partial charge is 0.436 e. The van der Waals surface area contributed by atoms with Gasteiger partial charge in [0.1, 0.15) is 23.2 Å². The Morgan fingerprint density at radius 2 is 2.15 bits per heavy atom. The molecule has 0 unspecified atom stereocenters. The minimum absolute atomic E-state index is 0.236. The Kier molecular flexibility index (Phi) is 3.41. The molecular formula is C15H10BrFN2O. The quantitative estimate of drug-likeness (QED) is 0.830. The minimum Gasteiger partial charge on any atom is -0.436 e.